The van der Waals surface area contributed by atoms with Crippen molar-refractivity contribution in [3.63, 3.8) is 0 Å². The van der Waals surface area contributed by atoms with Gasteiger partial charge in [-0.15, -0.1) is 0 Å². The van der Waals surface area contributed by atoms with Crippen LogP contribution in [0.1, 0.15) is 46.1 Å². The molecule has 0 aliphatic carbocycles. The van der Waals surface area contributed by atoms with E-state index in [9.17, 15) is 4.79 Å². The molecule has 1 amide bonds. The van der Waals surface area contributed by atoms with Gasteiger partial charge in [0.2, 0.25) is 5.95 Å². The predicted molar refractivity (Wildman–Crippen MR) is 116 cm³/mol. The van der Waals surface area contributed by atoms with Crippen LogP contribution in [0.2, 0.25) is 0 Å². The van der Waals surface area contributed by atoms with Gasteiger partial charge in [0.15, 0.2) is 0 Å². The summed E-state index contributed by atoms with van der Waals surface area (Å²) in [6, 6.07) is 10.4. The summed E-state index contributed by atoms with van der Waals surface area (Å²) in [6.07, 6.45) is 3.25. The number of nitrogens with one attached hydrogen (secondary N) is 2. The van der Waals surface area contributed by atoms with Crippen molar-refractivity contribution in [1.29, 1.82) is 0 Å². The second-order valence-corrected chi connectivity index (χ2v) is 8.29. The number of hydrogen-bond donors (Lipinski definition) is 2. The highest BCUT2D eigenvalue weighted by molar-refractivity contribution is 5.67. The number of likely N-dealkylation sites (tertiary alicyclic amines) is 1. The topological polar surface area (TPSA) is 79.4 Å². The number of para-hydroxylation sites is 1. The van der Waals surface area contributed by atoms with Gasteiger partial charge in [-0.25, -0.2) is 9.78 Å². The van der Waals surface area contributed by atoms with E-state index >= 15 is 0 Å². The number of amides is 1. The van der Waals surface area contributed by atoms with Crippen LogP contribution in [-0.2, 0) is 10.2 Å². The maximum absolute atomic E-state index is 11.8. The van der Waals surface area contributed by atoms with Crippen LogP contribution < -0.4 is 10.6 Å². The van der Waals surface area contributed by atoms with E-state index in [1.54, 1.807) is 11.1 Å². The molecule has 29 heavy (non-hydrogen) atoms. The number of ether oxygens (including phenoxy) is 1. The zero-order valence-corrected chi connectivity index (χ0v) is 17.7. The third-order valence-electron chi connectivity index (χ3n) is 5.01. The molecule has 3 rings (SSSR count). The second-order valence-electron chi connectivity index (χ2n) is 8.29. The predicted octanol–water partition coefficient (Wildman–Crippen LogP) is 4.55. The molecular formula is C22H31N5O2. The second kappa shape index (κ2) is 9.11. The van der Waals surface area contributed by atoms with Crippen LogP contribution in [0.15, 0.2) is 36.5 Å². The molecular weight excluding hydrogens is 366 g/mol. The Bertz CT molecular complexity index is 826. The normalized spacial score (nSPS) is 15.1. The van der Waals surface area contributed by atoms with E-state index in [4.69, 9.17) is 4.74 Å². The SMILES string of the molecule is CCOC(=O)N1CCC(Nc2ccnc(Nc3ccccc3C(C)(C)C)n2)CC1. The van der Waals surface area contributed by atoms with E-state index < -0.39 is 0 Å². The van der Waals surface area contributed by atoms with Crippen molar-refractivity contribution in [3.05, 3.63) is 42.1 Å². The number of carbonyl (C=O) groups excluding carboxylic acids is 1. The molecule has 0 saturated carbocycles. The van der Waals surface area contributed by atoms with Crippen molar-refractivity contribution in [3.8, 4) is 0 Å². The molecule has 2 heterocycles. The van der Waals surface area contributed by atoms with E-state index in [0.29, 0.717) is 25.6 Å². The molecule has 2 aromatic rings. The molecule has 1 aliphatic rings. The van der Waals surface area contributed by atoms with Crippen molar-refractivity contribution >= 4 is 23.5 Å². The lowest BCUT2D eigenvalue weighted by Crippen LogP contribution is -2.42. The molecule has 0 atom stereocenters. The molecule has 156 valence electrons. The van der Waals surface area contributed by atoms with Gasteiger partial charge in [0.05, 0.1) is 6.61 Å². The van der Waals surface area contributed by atoms with Crippen LogP contribution in [0.5, 0.6) is 0 Å². The molecule has 7 nitrogen and oxygen atoms in total. The maximum atomic E-state index is 11.8. The minimum Gasteiger partial charge on any atom is -0.450 e. The fourth-order valence-electron chi connectivity index (χ4n) is 3.50. The number of nitrogens with zero attached hydrogens (tertiary/aromatic N) is 3. The van der Waals surface area contributed by atoms with Gasteiger partial charge in [0, 0.05) is 31.0 Å². The number of aromatic nitrogens is 2. The quantitative estimate of drug-likeness (QED) is 0.770. The molecule has 0 radical (unpaired) electrons. The van der Waals surface area contributed by atoms with Crippen LogP contribution in [-0.4, -0.2) is 46.7 Å². The zero-order valence-electron chi connectivity index (χ0n) is 17.7. The van der Waals surface area contributed by atoms with Crippen LogP contribution in [0.3, 0.4) is 0 Å². The summed E-state index contributed by atoms with van der Waals surface area (Å²) in [4.78, 5) is 22.6. The van der Waals surface area contributed by atoms with Gasteiger partial charge in [-0.3, -0.25) is 0 Å². The first kappa shape index (κ1) is 20.9. The van der Waals surface area contributed by atoms with Crippen LogP contribution >= 0.6 is 0 Å². The molecule has 7 heteroatoms. The number of anilines is 3. The summed E-state index contributed by atoms with van der Waals surface area (Å²) in [5, 5.41) is 6.83. The van der Waals surface area contributed by atoms with Crippen LogP contribution in [0.25, 0.3) is 0 Å². The Morgan fingerprint density at radius 3 is 2.62 bits per heavy atom. The Kier molecular flexibility index (Phi) is 6.56. The fraction of sp³-hybridized carbons (Fsp3) is 0.500. The lowest BCUT2D eigenvalue weighted by atomic mass is 9.86. The minimum absolute atomic E-state index is 0.0202. The number of carbonyl (C=O) groups is 1. The Hall–Kier alpha value is -2.83. The largest absolute Gasteiger partial charge is 0.450 e. The van der Waals surface area contributed by atoms with Gasteiger partial charge in [-0.1, -0.05) is 39.0 Å². The van der Waals surface area contributed by atoms with Crippen LogP contribution in [0, 0.1) is 0 Å². The minimum atomic E-state index is -0.225. The molecule has 0 bridgehead atoms. The maximum Gasteiger partial charge on any atom is 0.409 e. The molecule has 0 spiro atoms. The Morgan fingerprint density at radius 1 is 1.21 bits per heavy atom. The van der Waals surface area contributed by atoms with Crippen molar-refractivity contribution in [2.24, 2.45) is 0 Å². The smallest absolute Gasteiger partial charge is 0.409 e. The fourth-order valence-corrected chi connectivity index (χ4v) is 3.50. The average molecular weight is 398 g/mol. The summed E-state index contributed by atoms with van der Waals surface area (Å²) in [5.41, 5.74) is 2.25. The van der Waals surface area contributed by atoms with Crippen molar-refractivity contribution in [1.82, 2.24) is 14.9 Å². The number of hydrogen-bond acceptors (Lipinski definition) is 6. The zero-order chi connectivity index (χ0) is 20.9. The highest BCUT2D eigenvalue weighted by Gasteiger charge is 2.24. The third kappa shape index (κ3) is 5.59. The van der Waals surface area contributed by atoms with E-state index in [2.05, 4.69) is 53.5 Å². The van der Waals surface area contributed by atoms with Gasteiger partial charge in [-0.05, 0) is 42.9 Å². The monoisotopic (exact) mass is 397 g/mol. The summed E-state index contributed by atoms with van der Waals surface area (Å²) in [7, 11) is 0. The standard InChI is InChI=1S/C22H31N5O2/c1-5-29-21(28)27-14-11-16(12-15-27)24-19-10-13-23-20(26-19)25-18-9-7-6-8-17(18)22(2,3)4/h6-10,13,16H,5,11-12,14-15H2,1-4H3,(H2,23,24,25,26). The number of benzene rings is 1. The first-order valence-corrected chi connectivity index (χ1v) is 10.2. The van der Waals surface area contributed by atoms with Gasteiger partial charge in [0.1, 0.15) is 5.82 Å². The molecule has 1 fully saturated rings. The number of rotatable bonds is 5. The average Bonchev–Trinajstić information content (AvgIpc) is 2.69. The molecule has 0 unspecified atom stereocenters. The summed E-state index contributed by atoms with van der Waals surface area (Å²) >= 11 is 0. The molecule has 1 aromatic carbocycles. The summed E-state index contributed by atoms with van der Waals surface area (Å²) < 4.78 is 5.08. The van der Waals surface area contributed by atoms with Crippen LogP contribution in [0.4, 0.5) is 22.2 Å². The van der Waals surface area contributed by atoms with Crippen molar-refractivity contribution in [2.75, 3.05) is 30.3 Å². The number of piperidine rings is 1. The van der Waals surface area contributed by atoms with Crippen molar-refractivity contribution < 1.29 is 9.53 Å². The van der Waals surface area contributed by atoms with E-state index in [-0.39, 0.29) is 17.6 Å². The summed E-state index contributed by atoms with van der Waals surface area (Å²) in [5.74, 6) is 1.35. The molecule has 2 N–H and O–H groups in total. The van der Waals surface area contributed by atoms with Gasteiger partial charge in [0.25, 0.3) is 0 Å². The highest BCUT2D eigenvalue weighted by Crippen LogP contribution is 2.30. The molecule has 1 aromatic heterocycles. The van der Waals surface area contributed by atoms with Crippen molar-refractivity contribution in [2.45, 2.75) is 52.0 Å². The molecule has 1 aliphatic heterocycles. The molecule has 1 saturated heterocycles. The van der Waals surface area contributed by atoms with E-state index in [0.717, 1.165) is 24.3 Å². The lowest BCUT2D eigenvalue weighted by molar-refractivity contribution is 0.0983. The van der Waals surface area contributed by atoms with E-state index in [1.807, 2.05) is 25.1 Å². The first-order valence-electron chi connectivity index (χ1n) is 10.2. The highest BCUT2D eigenvalue weighted by atomic mass is 16.6. The lowest BCUT2D eigenvalue weighted by Gasteiger charge is -2.31. The third-order valence-corrected chi connectivity index (χ3v) is 5.01. The van der Waals surface area contributed by atoms with Gasteiger partial charge < -0.3 is 20.3 Å². The van der Waals surface area contributed by atoms with Gasteiger partial charge in [-0.2, -0.15) is 4.98 Å². The Morgan fingerprint density at radius 2 is 1.93 bits per heavy atom. The Labute approximate surface area is 172 Å². The summed E-state index contributed by atoms with van der Waals surface area (Å²) in [6.45, 7) is 10.2. The van der Waals surface area contributed by atoms with Gasteiger partial charge >= 0.3 is 6.09 Å². The van der Waals surface area contributed by atoms with E-state index in [1.165, 1.54) is 5.56 Å². The Balaban J connectivity index is 1.62. The first-order chi connectivity index (χ1) is 13.9.